The molecule has 2 amide bonds. The number of amides is 2. The van der Waals surface area contributed by atoms with Crippen molar-refractivity contribution in [2.45, 2.75) is 19.9 Å². The zero-order valence-electron chi connectivity index (χ0n) is 14.3. The van der Waals surface area contributed by atoms with Crippen molar-refractivity contribution in [1.29, 1.82) is 0 Å². The van der Waals surface area contributed by atoms with Crippen LogP contribution in [-0.4, -0.2) is 23.3 Å². The summed E-state index contributed by atoms with van der Waals surface area (Å²) < 4.78 is 10.7. The number of benzene rings is 1. The third kappa shape index (κ3) is 4.60. The van der Waals surface area contributed by atoms with E-state index in [0.717, 1.165) is 5.56 Å². The molecule has 0 fully saturated rings. The Labute approximate surface area is 150 Å². The van der Waals surface area contributed by atoms with Crippen molar-refractivity contribution in [3.8, 4) is 11.5 Å². The maximum atomic E-state index is 12.1. The predicted molar refractivity (Wildman–Crippen MR) is 93.9 cm³/mol. The van der Waals surface area contributed by atoms with Crippen molar-refractivity contribution in [3.63, 3.8) is 0 Å². The van der Waals surface area contributed by atoms with Gasteiger partial charge in [0, 0.05) is 5.56 Å². The lowest BCUT2D eigenvalue weighted by Gasteiger charge is -2.05. The smallest absolute Gasteiger partial charge is 0.239 e. The van der Waals surface area contributed by atoms with Crippen LogP contribution < -0.4 is 10.6 Å². The molecule has 0 unspecified atom stereocenters. The highest BCUT2D eigenvalue weighted by atomic mass is 16.4. The Kier molecular flexibility index (Phi) is 5.48. The fourth-order valence-electron chi connectivity index (χ4n) is 2.35. The summed E-state index contributed by atoms with van der Waals surface area (Å²) in [6, 6.07) is 13.0. The van der Waals surface area contributed by atoms with Gasteiger partial charge in [-0.15, -0.1) is 0 Å². The van der Waals surface area contributed by atoms with Crippen molar-refractivity contribution in [2.75, 3.05) is 6.54 Å². The number of aryl methyl sites for hydroxylation is 1. The van der Waals surface area contributed by atoms with Crippen molar-refractivity contribution in [2.24, 2.45) is 0 Å². The number of aromatic nitrogens is 1. The second-order valence-electron chi connectivity index (χ2n) is 5.70. The van der Waals surface area contributed by atoms with Gasteiger partial charge in [0.2, 0.25) is 17.7 Å². The molecule has 0 aliphatic carbocycles. The van der Waals surface area contributed by atoms with Gasteiger partial charge in [-0.25, -0.2) is 4.98 Å². The van der Waals surface area contributed by atoms with Crippen LogP contribution in [0.3, 0.4) is 0 Å². The van der Waals surface area contributed by atoms with Crippen molar-refractivity contribution in [1.82, 2.24) is 15.6 Å². The number of nitrogens with one attached hydrogen (secondary N) is 2. The van der Waals surface area contributed by atoms with Gasteiger partial charge in [-0.1, -0.05) is 18.2 Å². The monoisotopic (exact) mass is 353 g/mol. The Morgan fingerprint density at radius 1 is 1.04 bits per heavy atom. The van der Waals surface area contributed by atoms with E-state index in [-0.39, 0.29) is 31.3 Å². The number of hydrogen-bond acceptors (Lipinski definition) is 5. The van der Waals surface area contributed by atoms with Crippen LogP contribution in [0.2, 0.25) is 0 Å². The Hall–Kier alpha value is -3.35. The minimum atomic E-state index is -0.297. The fourth-order valence-corrected chi connectivity index (χ4v) is 2.35. The van der Waals surface area contributed by atoms with E-state index in [1.54, 1.807) is 19.1 Å². The van der Waals surface area contributed by atoms with Crippen LogP contribution in [0, 0.1) is 6.92 Å². The summed E-state index contributed by atoms with van der Waals surface area (Å²) in [5.74, 6) is 1.12. The molecule has 7 heteroatoms. The second kappa shape index (κ2) is 8.15. The van der Waals surface area contributed by atoms with Gasteiger partial charge in [0.1, 0.15) is 11.5 Å². The highest BCUT2D eigenvalue weighted by Gasteiger charge is 2.15. The molecule has 3 aromatic rings. The first-order chi connectivity index (χ1) is 12.6. The molecule has 0 spiro atoms. The van der Waals surface area contributed by atoms with Gasteiger partial charge in [0.05, 0.1) is 31.5 Å². The Balaban J connectivity index is 1.49. The van der Waals surface area contributed by atoms with Crippen LogP contribution in [-0.2, 0) is 22.6 Å². The van der Waals surface area contributed by atoms with Gasteiger partial charge in [0.15, 0.2) is 0 Å². The first-order valence-electron chi connectivity index (χ1n) is 8.19. The first kappa shape index (κ1) is 17.5. The number of carbonyl (C=O) groups is 2. The van der Waals surface area contributed by atoms with Gasteiger partial charge in [-0.2, -0.15) is 0 Å². The lowest BCUT2D eigenvalue weighted by Crippen LogP contribution is -2.37. The molecular formula is C19H19N3O4. The third-order valence-electron chi connectivity index (χ3n) is 3.73. The molecule has 3 rings (SSSR count). The van der Waals surface area contributed by atoms with E-state index < -0.39 is 0 Å². The van der Waals surface area contributed by atoms with Crippen LogP contribution in [0.1, 0.15) is 17.2 Å². The lowest BCUT2D eigenvalue weighted by molar-refractivity contribution is -0.125. The van der Waals surface area contributed by atoms with E-state index in [1.165, 1.54) is 6.26 Å². The molecule has 0 saturated heterocycles. The topological polar surface area (TPSA) is 97.4 Å². The van der Waals surface area contributed by atoms with Crippen LogP contribution in [0.4, 0.5) is 0 Å². The SMILES string of the molecule is Cc1oc(-c2ccccc2)nc1CC(=O)NCC(=O)NCc1ccco1. The molecule has 2 aromatic heterocycles. The Morgan fingerprint density at radius 2 is 1.85 bits per heavy atom. The highest BCUT2D eigenvalue weighted by molar-refractivity contribution is 5.85. The Bertz CT molecular complexity index is 870. The van der Waals surface area contributed by atoms with E-state index in [9.17, 15) is 9.59 Å². The minimum Gasteiger partial charge on any atom is -0.467 e. The van der Waals surface area contributed by atoms with E-state index in [2.05, 4.69) is 15.6 Å². The summed E-state index contributed by atoms with van der Waals surface area (Å²) in [4.78, 5) is 28.2. The molecule has 0 aliphatic heterocycles. The van der Waals surface area contributed by atoms with Crippen LogP contribution in [0.15, 0.2) is 57.6 Å². The van der Waals surface area contributed by atoms with Gasteiger partial charge in [0.25, 0.3) is 0 Å². The quantitative estimate of drug-likeness (QED) is 0.679. The summed E-state index contributed by atoms with van der Waals surface area (Å²) in [5, 5.41) is 5.23. The van der Waals surface area contributed by atoms with E-state index >= 15 is 0 Å². The molecule has 0 radical (unpaired) electrons. The number of oxazole rings is 1. The average Bonchev–Trinajstić information content (AvgIpc) is 3.29. The zero-order chi connectivity index (χ0) is 18.4. The lowest BCUT2D eigenvalue weighted by atomic mass is 10.2. The van der Waals surface area contributed by atoms with E-state index in [1.807, 2.05) is 30.3 Å². The van der Waals surface area contributed by atoms with Crippen molar-refractivity contribution in [3.05, 3.63) is 65.9 Å². The normalized spacial score (nSPS) is 10.5. The third-order valence-corrected chi connectivity index (χ3v) is 3.73. The molecule has 7 nitrogen and oxygen atoms in total. The maximum absolute atomic E-state index is 12.1. The van der Waals surface area contributed by atoms with Gasteiger partial charge < -0.3 is 19.5 Å². The second-order valence-corrected chi connectivity index (χ2v) is 5.70. The number of rotatable bonds is 7. The molecule has 2 heterocycles. The molecular weight excluding hydrogens is 334 g/mol. The molecule has 0 atom stereocenters. The molecule has 26 heavy (non-hydrogen) atoms. The summed E-state index contributed by atoms with van der Waals surface area (Å²) in [7, 11) is 0. The summed E-state index contributed by atoms with van der Waals surface area (Å²) in [5.41, 5.74) is 1.40. The number of carbonyl (C=O) groups excluding carboxylic acids is 2. The van der Waals surface area contributed by atoms with Crippen LogP contribution in [0.25, 0.3) is 11.5 Å². The van der Waals surface area contributed by atoms with Gasteiger partial charge in [-0.05, 0) is 31.2 Å². The number of hydrogen-bond donors (Lipinski definition) is 2. The molecule has 134 valence electrons. The molecule has 0 saturated carbocycles. The summed E-state index contributed by atoms with van der Waals surface area (Å²) in [6.07, 6.45) is 1.58. The highest BCUT2D eigenvalue weighted by Crippen LogP contribution is 2.21. The number of nitrogens with zero attached hydrogens (tertiary/aromatic N) is 1. The molecule has 0 bridgehead atoms. The predicted octanol–water partition coefficient (Wildman–Crippen LogP) is 2.22. The summed E-state index contributed by atoms with van der Waals surface area (Å²) >= 11 is 0. The fraction of sp³-hybridized carbons (Fsp3) is 0.211. The van der Waals surface area contributed by atoms with Crippen molar-refractivity contribution < 1.29 is 18.4 Å². The van der Waals surface area contributed by atoms with Gasteiger partial charge >= 0.3 is 0 Å². The maximum Gasteiger partial charge on any atom is 0.239 e. The Morgan fingerprint density at radius 3 is 2.58 bits per heavy atom. The minimum absolute atomic E-state index is 0.0492. The molecule has 0 aliphatic rings. The largest absolute Gasteiger partial charge is 0.467 e. The van der Waals surface area contributed by atoms with Crippen LogP contribution >= 0.6 is 0 Å². The summed E-state index contributed by atoms with van der Waals surface area (Å²) in [6.45, 7) is 1.94. The molecule has 1 aromatic carbocycles. The van der Waals surface area contributed by atoms with Crippen LogP contribution in [0.5, 0.6) is 0 Å². The molecule has 2 N–H and O–H groups in total. The standard InChI is InChI=1S/C19H19N3O4/c1-13-16(22-19(26-13)14-6-3-2-4-7-14)10-17(23)21-12-18(24)20-11-15-8-5-9-25-15/h2-9H,10-12H2,1H3,(H,20,24)(H,21,23). The van der Waals surface area contributed by atoms with Crippen molar-refractivity contribution >= 4 is 11.8 Å². The first-order valence-corrected chi connectivity index (χ1v) is 8.19. The van der Waals surface area contributed by atoms with E-state index in [0.29, 0.717) is 23.1 Å². The zero-order valence-corrected chi connectivity index (χ0v) is 14.3. The average molecular weight is 353 g/mol. The number of furan rings is 1. The van der Waals surface area contributed by atoms with Gasteiger partial charge in [-0.3, -0.25) is 9.59 Å². The van der Waals surface area contributed by atoms with E-state index in [4.69, 9.17) is 8.83 Å².